The van der Waals surface area contributed by atoms with E-state index in [9.17, 15) is 9.59 Å². The zero-order valence-corrected chi connectivity index (χ0v) is 16.2. The molecule has 10 heteroatoms. The fourth-order valence-electron chi connectivity index (χ4n) is 2.48. The van der Waals surface area contributed by atoms with Gasteiger partial charge in [0.1, 0.15) is 10.9 Å². The van der Waals surface area contributed by atoms with E-state index < -0.39 is 12.0 Å². The third-order valence-corrected chi connectivity index (χ3v) is 5.42. The van der Waals surface area contributed by atoms with Crippen LogP contribution in [0.1, 0.15) is 10.5 Å². The number of hydrogen-bond donors (Lipinski definition) is 1. The minimum Gasteiger partial charge on any atom is -0.477 e. The van der Waals surface area contributed by atoms with Gasteiger partial charge in [0.2, 0.25) is 0 Å². The number of nitrogens with one attached hydrogen (secondary N) is 1. The van der Waals surface area contributed by atoms with Gasteiger partial charge < -0.3 is 10.1 Å². The zero-order chi connectivity index (χ0) is 19.0. The first-order valence-electron chi connectivity index (χ1n) is 7.34. The second kappa shape index (κ2) is 7.48. The van der Waals surface area contributed by atoms with E-state index in [2.05, 4.69) is 10.3 Å². The molecule has 0 saturated carbocycles. The van der Waals surface area contributed by atoms with Gasteiger partial charge in [0.15, 0.2) is 11.8 Å². The summed E-state index contributed by atoms with van der Waals surface area (Å²) in [5.74, 6) is -0.577. The van der Waals surface area contributed by atoms with Crippen LogP contribution in [-0.4, -0.2) is 36.5 Å². The second-order valence-corrected chi connectivity index (χ2v) is 6.79. The maximum absolute atomic E-state index is 13.1. The molecule has 2 amide bonds. The summed E-state index contributed by atoms with van der Waals surface area (Å²) in [4.78, 5) is 30.4. The molecule has 1 aliphatic rings. The maximum Gasteiger partial charge on any atom is 0.278 e. The van der Waals surface area contributed by atoms with Crippen molar-refractivity contribution >= 4 is 63.9 Å². The fraction of sp³-hybridized carbons (Fsp3) is 0.188. The molecule has 0 bridgehead atoms. The number of anilines is 1. The van der Waals surface area contributed by atoms with Crippen molar-refractivity contribution in [2.75, 3.05) is 18.5 Å². The van der Waals surface area contributed by atoms with Crippen molar-refractivity contribution in [1.82, 2.24) is 10.3 Å². The number of nitrogens with zero attached hydrogens (tertiary/aromatic N) is 2. The van der Waals surface area contributed by atoms with Crippen molar-refractivity contribution in [3.63, 3.8) is 0 Å². The Morgan fingerprint density at radius 2 is 1.85 bits per heavy atom. The lowest BCUT2D eigenvalue weighted by Crippen LogP contribution is -2.50. The van der Waals surface area contributed by atoms with E-state index in [-0.39, 0.29) is 38.4 Å². The number of carbonyl (C=O) groups is 2. The predicted octanol–water partition coefficient (Wildman–Crippen LogP) is 3.85. The molecule has 26 heavy (non-hydrogen) atoms. The molecule has 1 aromatic carbocycles. The Hall–Kier alpha value is -1.73. The van der Waals surface area contributed by atoms with Gasteiger partial charge >= 0.3 is 0 Å². The third kappa shape index (κ3) is 3.30. The van der Waals surface area contributed by atoms with E-state index in [1.165, 1.54) is 11.9 Å². The predicted molar refractivity (Wildman–Crippen MR) is 101 cm³/mol. The van der Waals surface area contributed by atoms with Crippen LogP contribution in [0, 0.1) is 0 Å². The fourth-order valence-corrected chi connectivity index (χ4v) is 3.29. The van der Waals surface area contributed by atoms with Crippen LogP contribution in [0.2, 0.25) is 20.2 Å². The minimum atomic E-state index is -0.893. The lowest BCUT2D eigenvalue weighted by atomic mass is 10.1. The van der Waals surface area contributed by atoms with Crippen LogP contribution in [-0.2, 0) is 4.79 Å². The number of fused-ring (bicyclic) bond motifs is 1. The number of pyridine rings is 1. The molecular formula is C16H11Cl4N3O3. The molecule has 1 atom stereocenters. The topological polar surface area (TPSA) is 71.5 Å². The van der Waals surface area contributed by atoms with Crippen LogP contribution >= 0.6 is 46.4 Å². The Bertz CT molecular complexity index is 907. The van der Waals surface area contributed by atoms with Crippen molar-refractivity contribution < 1.29 is 14.3 Å². The molecule has 1 aliphatic heterocycles. The maximum atomic E-state index is 13.1. The molecule has 0 aliphatic carbocycles. The molecule has 3 rings (SSSR count). The summed E-state index contributed by atoms with van der Waals surface area (Å²) in [5, 5.41) is 2.13. The highest BCUT2D eigenvalue weighted by molar-refractivity contribution is 6.52. The van der Waals surface area contributed by atoms with E-state index in [0.717, 1.165) is 0 Å². The number of rotatable bonds is 2. The first-order chi connectivity index (χ1) is 12.3. The average molecular weight is 435 g/mol. The van der Waals surface area contributed by atoms with Crippen LogP contribution < -0.4 is 15.0 Å². The first kappa shape index (κ1) is 19.0. The Labute approximate surface area is 168 Å². The smallest absolute Gasteiger partial charge is 0.278 e. The molecule has 6 nitrogen and oxygen atoms in total. The summed E-state index contributed by atoms with van der Waals surface area (Å²) in [5.41, 5.74) is 0.302. The van der Waals surface area contributed by atoms with E-state index in [4.69, 9.17) is 51.1 Å². The normalized spacial score (nSPS) is 15.9. The summed E-state index contributed by atoms with van der Waals surface area (Å²) in [6, 6.07) is 6.80. The van der Waals surface area contributed by atoms with E-state index in [1.54, 1.807) is 24.3 Å². The summed E-state index contributed by atoms with van der Waals surface area (Å²) < 4.78 is 5.67. The number of hydrogen-bond acceptors (Lipinski definition) is 4. The number of benzene rings is 1. The SMILES string of the molecule is CNC(=O)[C@@H]1CN(C(=O)c2nc(Cl)c(Cl)c(Cl)c2Cl)c2ccccc2O1. The lowest BCUT2D eigenvalue weighted by Gasteiger charge is -2.34. The van der Waals surface area contributed by atoms with Crippen LogP contribution in [0.15, 0.2) is 24.3 Å². The van der Waals surface area contributed by atoms with Crippen molar-refractivity contribution in [1.29, 1.82) is 0 Å². The molecule has 1 aromatic heterocycles. The number of carbonyl (C=O) groups excluding carboxylic acids is 2. The molecule has 0 saturated heterocycles. The third-order valence-electron chi connectivity index (χ3n) is 3.74. The van der Waals surface area contributed by atoms with Gasteiger partial charge in [-0.15, -0.1) is 0 Å². The molecule has 0 unspecified atom stereocenters. The molecule has 0 spiro atoms. The van der Waals surface area contributed by atoms with Crippen molar-refractivity contribution in [2.45, 2.75) is 6.10 Å². The molecule has 0 fully saturated rings. The van der Waals surface area contributed by atoms with Crippen LogP contribution in [0.5, 0.6) is 5.75 Å². The number of likely N-dealkylation sites (N-methyl/N-ethyl adjacent to an activating group) is 1. The van der Waals surface area contributed by atoms with E-state index in [0.29, 0.717) is 11.4 Å². The summed E-state index contributed by atoms with van der Waals surface area (Å²) in [6.07, 6.45) is -0.893. The van der Waals surface area contributed by atoms with Gasteiger partial charge in [-0.3, -0.25) is 14.5 Å². The Morgan fingerprint density at radius 1 is 1.15 bits per heavy atom. The lowest BCUT2D eigenvalue weighted by molar-refractivity contribution is -0.127. The molecule has 2 heterocycles. The van der Waals surface area contributed by atoms with Gasteiger partial charge in [-0.25, -0.2) is 4.98 Å². The zero-order valence-electron chi connectivity index (χ0n) is 13.2. The number of aromatic nitrogens is 1. The Balaban J connectivity index is 2.07. The first-order valence-corrected chi connectivity index (χ1v) is 8.85. The summed E-state index contributed by atoms with van der Waals surface area (Å²) >= 11 is 24.0. The number of halogens is 4. The van der Waals surface area contributed by atoms with Gasteiger partial charge in [-0.2, -0.15) is 0 Å². The molecule has 2 aromatic rings. The molecule has 136 valence electrons. The standard InChI is InChI=1S/C16H11Cl4N3O3/c1-21-15(24)9-6-23(7-4-2-3-5-8(7)26-9)16(25)13-11(18)10(17)12(19)14(20)22-13/h2-5,9H,6H2,1H3,(H,21,24)/t9-/m0/s1. The van der Waals surface area contributed by atoms with Gasteiger partial charge in [0.05, 0.1) is 27.3 Å². The number of ether oxygens (including phenoxy) is 1. The molecule has 1 N–H and O–H groups in total. The van der Waals surface area contributed by atoms with Gasteiger partial charge in [-0.05, 0) is 12.1 Å². The second-order valence-electron chi connectivity index (χ2n) is 5.30. The van der Waals surface area contributed by atoms with Crippen molar-refractivity contribution in [3.8, 4) is 5.75 Å². The Morgan fingerprint density at radius 3 is 2.54 bits per heavy atom. The highest BCUT2D eigenvalue weighted by Crippen LogP contribution is 2.39. The highest BCUT2D eigenvalue weighted by atomic mass is 35.5. The highest BCUT2D eigenvalue weighted by Gasteiger charge is 2.35. The van der Waals surface area contributed by atoms with Crippen LogP contribution in [0.4, 0.5) is 5.69 Å². The molecule has 0 radical (unpaired) electrons. The number of para-hydroxylation sites is 2. The monoisotopic (exact) mass is 433 g/mol. The average Bonchev–Trinajstić information content (AvgIpc) is 2.67. The van der Waals surface area contributed by atoms with Gasteiger partial charge in [0, 0.05) is 7.05 Å². The van der Waals surface area contributed by atoms with E-state index in [1.807, 2.05) is 0 Å². The van der Waals surface area contributed by atoms with Crippen molar-refractivity contribution in [2.24, 2.45) is 0 Å². The summed E-state index contributed by atoms with van der Waals surface area (Å²) in [6.45, 7) is -0.0363. The van der Waals surface area contributed by atoms with E-state index >= 15 is 0 Å². The van der Waals surface area contributed by atoms with Gasteiger partial charge in [0.25, 0.3) is 11.8 Å². The summed E-state index contributed by atoms with van der Waals surface area (Å²) in [7, 11) is 1.48. The molecular weight excluding hydrogens is 424 g/mol. The largest absolute Gasteiger partial charge is 0.477 e. The van der Waals surface area contributed by atoms with Crippen LogP contribution in [0.3, 0.4) is 0 Å². The minimum absolute atomic E-state index is 0.0363. The quantitative estimate of drug-likeness (QED) is 0.728. The van der Waals surface area contributed by atoms with Crippen LogP contribution in [0.25, 0.3) is 0 Å². The Kier molecular flexibility index (Phi) is 5.48. The van der Waals surface area contributed by atoms with Gasteiger partial charge in [-0.1, -0.05) is 58.5 Å². The van der Waals surface area contributed by atoms with Crippen molar-refractivity contribution in [3.05, 3.63) is 50.2 Å². The number of amides is 2.